The zero-order valence-electron chi connectivity index (χ0n) is 9.46. The second-order valence-electron chi connectivity index (χ2n) is 3.67. The van der Waals surface area contributed by atoms with E-state index in [9.17, 15) is 0 Å². The van der Waals surface area contributed by atoms with Crippen molar-refractivity contribution in [3.63, 3.8) is 0 Å². The summed E-state index contributed by atoms with van der Waals surface area (Å²) in [6, 6.07) is 8.25. The molecule has 1 aromatic rings. The maximum Gasteiger partial charge on any atom is 0.0699 e. The summed E-state index contributed by atoms with van der Waals surface area (Å²) in [5, 5.41) is 4.04. The van der Waals surface area contributed by atoms with Crippen LogP contribution in [-0.4, -0.2) is 26.3 Å². The molecule has 0 saturated heterocycles. The first-order valence-electron chi connectivity index (χ1n) is 5.12. The van der Waals surface area contributed by atoms with Crippen molar-refractivity contribution in [3.8, 4) is 0 Å². The van der Waals surface area contributed by atoms with Crippen LogP contribution in [0.25, 0.3) is 0 Å². The first-order valence-corrected chi connectivity index (χ1v) is 5.49. The minimum absolute atomic E-state index is 0.189. The number of benzene rings is 1. The van der Waals surface area contributed by atoms with Gasteiger partial charge >= 0.3 is 0 Å². The molecule has 0 radical (unpaired) electrons. The lowest BCUT2D eigenvalue weighted by Gasteiger charge is -2.22. The van der Waals surface area contributed by atoms with Gasteiger partial charge in [-0.1, -0.05) is 23.7 Å². The van der Waals surface area contributed by atoms with Gasteiger partial charge in [-0.15, -0.1) is 0 Å². The fourth-order valence-corrected chi connectivity index (χ4v) is 1.80. The Morgan fingerprint density at radius 2 is 2.20 bits per heavy atom. The van der Waals surface area contributed by atoms with E-state index in [4.69, 9.17) is 16.3 Å². The topological polar surface area (TPSA) is 21.3 Å². The number of hydrogen-bond acceptors (Lipinski definition) is 2. The standard InChI is InChI=1S/C12H18ClNO/c1-9(15-3)12(14-2)8-10-5-4-6-11(13)7-10/h4-7,9,12,14H,8H2,1-3H3. The number of ether oxygens (including phenoxy) is 1. The third kappa shape index (κ3) is 3.82. The zero-order chi connectivity index (χ0) is 11.3. The van der Waals surface area contributed by atoms with Crippen molar-refractivity contribution in [2.75, 3.05) is 14.2 Å². The monoisotopic (exact) mass is 227 g/mol. The molecule has 15 heavy (non-hydrogen) atoms. The highest BCUT2D eigenvalue weighted by Crippen LogP contribution is 2.13. The molecule has 0 spiro atoms. The van der Waals surface area contributed by atoms with Gasteiger partial charge in [0.05, 0.1) is 6.10 Å². The van der Waals surface area contributed by atoms with E-state index in [1.54, 1.807) is 7.11 Å². The van der Waals surface area contributed by atoms with E-state index < -0.39 is 0 Å². The third-order valence-electron chi connectivity index (χ3n) is 2.65. The number of rotatable bonds is 5. The van der Waals surface area contributed by atoms with Gasteiger partial charge in [-0.3, -0.25) is 0 Å². The van der Waals surface area contributed by atoms with E-state index in [1.165, 1.54) is 5.56 Å². The summed E-state index contributed by atoms with van der Waals surface area (Å²) in [6.45, 7) is 2.06. The molecule has 1 N–H and O–H groups in total. The van der Waals surface area contributed by atoms with Crippen LogP contribution in [0.15, 0.2) is 24.3 Å². The van der Waals surface area contributed by atoms with Crippen LogP contribution in [0.5, 0.6) is 0 Å². The molecule has 3 heteroatoms. The third-order valence-corrected chi connectivity index (χ3v) is 2.89. The van der Waals surface area contributed by atoms with Crippen LogP contribution in [-0.2, 0) is 11.2 Å². The van der Waals surface area contributed by atoms with Crippen LogP contribution in [0, 0.1) is 0 Å². The second-order valence-corrected chi connectivity index (χ2v) is 4.11. The smallest absolute Gasteiger partial charge is 0.0699 e. The highest BCUT2D eigenvalue weighted by atomic mass is 35.5. The van der Waals surface area contributed by atoms with Gasteiger partial charge < -0.3 is 10.1 Å². The average molecular weight is 228 g/mol. The summed E-state index contributed by atoms with van der Waals surface area (Å²) in [6.07, 6.45) is 1.11. The fraction of sp³-hybridized carbons (Fsp3) is 0.500. The Morgan fingerprint density at radius 3 is 2.73 bits per heavy atom. The normalized spacial score (nSPS) is 14.9. The number of halogens is 1. The van der Waals surface area contributed by atoms with E-state index in [-0.39, 0.29) is 6.10 Å². The van der Waals surface area contributed by atoms with E-state index in [0.717, 1.165) is 11.4 Å². The Balaban J connectivity index is 2.66. The lowest BCUT2D eigenvalue weighted by molar-refractivity contribution is 0.0857. The van der Waals surface area contributed by atoms with Gasteiger partial charge in [0.15, 0.2) is 0 Å². The Hall–Kier alpha value is -0.570. The van der Waals surface area contributed by atoms with E-state index in [1.807, 2.05) is 25.2 Å². The summed E-state index contributed by atoms with van der Waals surface area (Å²) in [7, 11) is 3.68. The van der Waals surface area contributed by atoms with Gasteiger partial charge in [-0.2, -0.15) is 0 Å². The minimum Gasteiger partial charge on any atom is -0.380 e. The highest BCUT2D eigenvalue weighted by molar-refractivity contribution is 6.30. The van der Waals surface area contributed by atoms with Crippen LogP contribution in [0.3, 0.4) is 0 Å². The molecule has 0 aliphatic heterocycles. The fourth-order valence-electron chi connectivity index (χ4n) is 1.58. The summed E-state index contributed by atoms with van der Waals surface area (Å²) < 4.78 is 5.31. The molecule has 0 aromatic heterocycles. The molecule has 0 bridgehead atoms. The Kier molecular flexibility index (Phi) is 5.09. The predicted molar refractivity (Wildman–Crippen MR) is 64.5 cm³/mol. The summed E-state index contributed by atoms with van der Waals surface area (Å²) in [5.74, 6) is 0. The maximum atomic E-state index is 5.93. The van der Waals surface area contributed by atoms with Crippen molar-refractivity contribution in [2.24, 2.45) is 0 Å². The minimum atomic E-state index is 0.189. The number of methoxy groups -OCH3 is 1. The van der Waals surface area contributed by atoms with Crippen molar-refractivity contribution in [2.45, 2.75) is 25.5 Å². The number of likely N-dealkylation sites (N-methyl/N-ethyl adjacent to an activating group) is 1. The zero-order valence-corrected chi connectivity index (χ0v) is 10.2. The van der Waals surface area contributed by atoms with Gasteiger partial charge in [0.25, 0.3) is 0 Å². The van der Waals surface area contributed by atoms with Gasteiger partial charge in [0.2, 0.25) is 0 Å². The van der Waals surface area contributed by atoms with Crippen LogP contribution in [0.1, 0.15) is 12.5 Å². The van der Waals surface area contributed by atoms with Gasteiger partial charge in [-0.05, 0) is 38.1 Å². The molecule has 1 aromatic carbocycles. The molecular weight excluding hydrogens is 210 g/mol. The molecular formula is C12H18ClNO. The molecule has 0 saturated carbocycles. The second kappa shape index (κ2) is 6.11. The molecule has 2 unspecified atom stereocenters. The van der Waals surface area contributed by atoms with Crippen molar-refractivity contribution >= 4 is 11.6 Å². The number of nitrogens with one attached hydrogen (secondary N) is 1. The Labute approximate surface area is 96.6 Å². The average Bonchev–Trinajstić information content (AvgIpc) is 2.25. The SMILES string of the molecule is CNC(Cc1cccc(Cl)c1)C(C)OC. The van der Waals surface area contributed by atoms with E-state index in [2.05, 4.69) is 18.3 Å². The highest BCUT2D eigenvalue weighted by Gasteiger charge is 2.14. The summed E-state index contributed by atoms with van der Waals surface area (Å²) in [4.78, 5) is 0. The van der Waals surface area contributed by atoms with Crippen LogP contribution >= 0.6 is 11.6 Å². The van der Waals surface area contributed by atoms with Gasteiger partial charge in [0.1, 0.15) is 0 Å². The molecule has 2 atom stereocenters. The summed E-state index contributed by atoms with van der Waals surface area (Å²) >= 11 is 5.93. The quantitative estimate of drug-likeness (QED) is 0.835. The van der Waals surface area contributed by atoms with Gasteiger partial charge in [0, 0.05) is 18.2 Å². The lowest BCUT2D eigenvalue weighted by atomic mass is 10.0. The largest absolute Gasteiger partial charge is 0.380 e. The van der Waals surface area contributed by atoms with Gasteiger partial charge in [-0.25, -0.2) is 0 Å². The Bertz CT molecular complexity index is 303. The van der Waals surface area contributed by atoms with Crippen LogP contribution in [0.2, 0.25) is 5.02 Å². The van der Waals surface area contributed by atoms with E-state index in [0.29, 0.717) is 6.04 Å². The first-order chi connectivity index (χ1) is 7.17. The maximum absolute atomic E-state index is 5.93. The molecule has 2 nitrogen and oxygen atoms in total. The molecule has 0 aliphatic rings. The Morgan fingerprint density at radius 1 is 1.47 bits per heavy atom. The molecule has 0 heterocycles. The lowest BCUT2D eigenvalue weighted by Crippen LogP contribution is -2.38. The molecule has 84 valence electrons. The van der Waals surface area contributed by atoms with Crippen molar-refractivity contribution in [3.05, 3.63) is 34.9 Å². The molecule has 0 fully saturated rings. The predicted octanol–water partition coefficient (Wildman–Crippen LogP) is 2.51. The molecule has 1 rings (SSSR count). The van der Waals surface area contributed by atoms with Crippen LogP contribution < -0.4 is 5.32 Å². The van der Waals surface area contributed by atoms with Crippen LogP contribution in [0.4, 0.5) is 0 Å². The van der Waals surface area contributed by atoms with E-state index >= 15 is 0 Å². The molecule has 0 aliphatic carbocycles. The van der Waals surface area contributed by atoms with Crippen molar-refractivity contribution in [1.82, 2.24) is 5.32 Å². The first kappa shape index (κ1) is 12.5. The molecule has 0 amide bonds. The summed E-state index contributed by atoms with van der Waals surface area (Å²) in [5.41, 5.74) is 1.23. The number of hydrogen-bond donors (Lipinski definition) is 1. The van der Waals surface area contributed by atoms with Crippen molar-refractivity contribution < 1.29 is 4.74 Å². The van der Waals surface area contributed by atoms with Crippen molar-refractivity contribution in [1.29, 1.82) is 0 Å².